The van der Waals surface area contributed by atoms with E-state index < -0.39 is 0 Å². The number of fused-ring (bicyclic) bond motifs is 2. The molecule has 0 N–H and O–H groups in total. The maximum atomic E-state index is 12.6. The van der Waals surface area contributed by atoms with Crippen molar-refractivity contribution < 1.29 is 4.79 Å². The molecule has 3 heteroatoms. The Morgan fingerprint density at radius 3 is 2.76 bits per heavy atom. The van der Waals surface area contributed by atoms with Gasteiger partial charge in [0.2, 0.25) is 0 Å². The number of nitrogens with zero attached hydrogens (tertiary/aromatic N) is 2. The molecule has 0 aliphatic carbocycles. The predicted octanol–water partition coefficient (Wildman–Crippen LogP) is 3.65. The van der Waals surface area contributed by atoms with Crippen molar-refractivity contribution in [2.24, 2.45) is 7.05 Å². The molecule has 2 aromatic carbocycles. The number of hydrogen-bond donors (Lipinski definition) is 0. The molecule has 0 saturated heterocycles. The first kappa shape index (κ1) is 12.2. The van der Waals surface area contributed by atoms with Crippen LogP contribution in [0, 0.1) is 6.92 Å². The maximum absolute atomic E-state index is 12.6. The van der Waals surface area contributed by atoms with Gasteiger partial charge >= 0.3 is 0 Å². The third-order valence-corrected chi connectivity index (χ3v) is 4.25. The summed E-state index contributed by atoms with van der Waals surface area (Å²) in [4.78, 5) is 14.5. The van der Waals surface area contributed by atoms with E-state index in [0.717, 1.165) is 27.8 Å². The minimum absolute atomic E-state index is 0.101. The number of carbonyl (C=O) groups excluding carboxylic acids is 1. The van der Waals surface area contributed by atoms with Crippen molar-refractivity contribution in [3.05, 3.63) is 65.4 Å². The molecule has 2 heterocycles. The Balaban J connectivity index is 1.78. The summed E-state index contributed by atoms with van der Waals surface area (Å²) in [7, 11) is 2.03. The molecule has 0 bridgehead atoms. The van der Waals surface area contributed by atoms with Gasteiger partial charge in [0.05, 0.1) is 6.54 Å². The molecule has 1 aromatic heterocycles. The topological polar surface area (TPSA) is 25.2 Å². The summed E-state index contributed by atoms with van der Waals surface area (Å²) < 4.78 is 2.09. The van der Waals surface area contributed by atoms with Crippen molar-refractivity contribution in [1.29, 1.82) is 0 Å². The summed E-state index contributed by atoms with van der Waals surface area (Å²) in [6, 6.07) is 14.4. The molecule has 3 nitrogen and oxygen atoms in total. The third kappa shape index (κ3) is 1.77. The lowest BCUT2D eigenvalue weighted by atomic mass is 10.1. The van der Waals surface area contributed by atoms with Crippen LogP contribution in [0.15, 0.2) is 48.7 Å². The molecule has 1 aliphatic rings. The summed E-state index contributed by atoms with van der Waals surface area (Å²) >= 11 is 0. The van der Waals surface area contributed by atoms with E-state index in [1.807, 2.05) is 37.2 Å². The van der Waals surface area contributed by atoms with Gasteiger partial charge in [-0.1, -0.05) is 17.7 Å². The third-order valence-electron chi connectivity index (χ3n) is 4.25. The number of anilines is 1. The second-order valence-electron chi connectivity index (χ2n) is 5.72. The highest BCUT2D eigenvalue weighted by Gasteiger charge is 2.28. The van der Waals surface area contributed by atoms with Gasteiger partial charge < -0.3 is 9.47 Å². The van der Waals surface area contributed by atoms with Crippen LogP contribution >= 0.6 is 0 Å². The minimum Gasteiger partial charge on any atom is -0.351 e. The van der Waals surface area contributed by atoms with Crippen LogP contribution in [0.4, 0.5) is 5.69 Å². The number of rotatable bonds is 1. The van der Waals surface area contributed by atoms with Gasteiger partial charge in [-0.15, -0.1) is 0 Å². The molecular weight excluding hydrogens is 260 g/mol. The van der Waals surface area contributed by atoms with Crippen molar-refractivity contribution in [2.45, 2.75) is 13.5 Å². The van der Waals surface area contributed by atoms with Gasteiger partial charge in [-0.3, -0.25) is 4.79 Å². The van der Waals surface area contributed by atoms with Crippen molar-refractivity contribution in [1.82, 2.24) is 4.57 Å². The number of benzene rings is 2. The first-order chi connectivity index (χ1) is 10.1. The highest BCUT2D eigenvalue weighted by molar-refractivity contribution is 6.10. The molecule has 3 aromatic rings. The molecule has 0 saturated carbocycles. The molecule has 4 rings (SSSR count). The Morgan fingerprint density at radius 1 is 1.05 bits per heavy atom. The van der Waals surface area contributed by atoms with E-state index in [2.05, 4.69) is 34.9 Å². The van der Waals surface area contributed by atoms with Crippen molar-refractivity contribution in [3.8, 4) is 0 Å². The van der Waals surface area contributed by atoms with Crippen LogP contribution in [0.1, 0.15) is 21.5 Å². The van der Waals surface area contributed by atoms with E-state index in [0.29, 0.717) is 6.54 Å². The standard InChI is InChI=1S/C18H16N2O/c1-12-3-4-14-11-20(18(21)16(14)9-12)15-5-6-17-13(10-15)7-8-19(17)2/h3-10H,11H2,1-2H3. The number of aryl methyl sites for hydroxylation is 2. The van der Waals surface area contributed by atoms with Crippen LogP contribution in [0.25, 0.3) is 10.9 Å². The zero-order valence-electron chi connectivity index (χ0n) is 12.1. The van der Waals surface area contributed by atoms with Gasteiger partial charge in [0.1, 0.15) is 0 Å². The fraction of sp³-hybridized carbons (Fsp3) is 0.167. The SMILES string of the molecule is Cc1ccc2c(c1)C(=O)N(c1ccc3c(ccn3C)c1)C2. The summed E-state index contributed by atoms with van der Waals surface area (Å²) in [5.74, 6) is 0.101. The van der Waals surface area contributed by atoms with E-state index in [9.17, 15) is 4.79 Å². The summed E-state index contributed by atoms with van der Waals surface area (Å²) in [6.45, 7) is 2.68. The highest BCUT2D eigenvalue weighted by Crippen LogP contribution is 2.31. The number of hydrogen-bond acceptors (Lipinski definition) is 1. The van der Waals surface area contributed by atoms with Gasteiger partial charge in [0.25, 0.3) is 5.91 Å². The van der Waals surface area contributed by atoms with E-state index in [1.54, 1.807) is 0 Å². The van der Waals surface area contributed by atoms with Crippen LogP contribution in [0.5, 0.6) is 0 Å². The maximum Gasteiger partial charge on any atom is 0.258 e. The smallest absolute Gasteiger partial charge is 0.258 e. The van der Waals surface area contributed by atoms with Crippen molar-refractivity contribution in [3.63, 3.8) is 0 Å². The van der Waals surface area contributed by atoms with E-state index in [1.165, 1.54) is 5.52 Å². The lowest BCUT2D eigenvalue weighted by Gasteiger charge is -2.16. The summed E-state index contributed by atoms with van der Waals surface area (Å²) in [6.07, 6.45) is 2.04. The number of carbonyl (C=O) groups is 1. The quantitative estimate of drug-likeness (QED) is 0.666. The van der Waals surface area contributed by atoms with Gasteiger partial charge in [-0.2, -0.15) is 0 Å². The Kier molecular flexibility index (Phi) is 2.45. The largest absolute Gasteiger partial charge is 0.351 e. The second-order valence-corrected chi connectivity index (χ2v) is 5.72. The molecule has 0 unspecified atom stereocenters. The predicted molar refractivity (Wildman–Crippen MR) is 84.6 cm³/mol. The molecule has 21 heavy (non-hydrogen) atoms. The van der Waals surface area contributed by atoms with Gasteiger partial charge in [0, 0.05) is 35.4 Å². The Morgan fingerprint density at radius 2 is 1.90 bits per heavy atom. The molecule has 1 aliphatic heterocycles. The Bertz CT molecular complexity index is 876. The zero-order valence-corrected chi connectivity index (χ0v) is 12.1. The second kappa shape index (κ2) is 4.22. The van der Waals surface area contributed by atoms with E-state index >= 15 is 0 Å². The summed E-state index contributed by atoms with van der Waals surface area (Å²) in [5, 5.41) is 1.16. The highest BCUT2D eigenvalue weighted by atomic mass is 16.2. The van der Waals surface area contributed by atoms with Crippen molar-refractivity contribution >= 4 is 22.5 Å². The molecule has 1 amide bonds. The van der Waals surface area contributed by atoms with Crippen LogP contribution in [-0.4, -0.2) is 10.5 Å². The van der Waals surface area contributed by atoms with E-state index in [4.69, 9.17) is 0 Å². The average molecular weight is 276 g/mol. The zero-order chi connectivity index (χ0) is 14.6. The van der Waals surface area contributed by atoms with Gasteiger partial charge in [-0.25, -0.2) is 0 Å². The molecule has 0 spiro atoms. The van der Waals surface area contributed by atoms with Crippen LogP contribution < -0.4 is 4.90 Å². The normalized spacial score (nSPS) is 14.0. The van der Waals surface area contributed by atoms with Crippen LogP contribution in [0.3, 0.4) is 0 Å². The molecular formula is C18H16N2O. The van der Waals surface area contributed by atoms with Crippen LogP contribution in [-0.2, 0) is 13.6 Å². The minimum atomic E-state index is 0.101. The molecule has 0 fully saturated rings. The lowest BCUT2D eigenvalue weighted by Crippen LogP contribution is -2.22. The molecule has 104 valence electrons. The molecule has 0 atom stereocenters. The first-order valence-electron chi connectivity index (χ1n) is 7.10. The molecule has 0 radical (unpaired) electrons. The lowest BCUT2D eigenvalue weighted by molar-refractivity contribution is 0.0996. The van der Waals surface area contributed by atoms with E-state index in [-0.39, 0.29) is 5.91 Å². The Labute approximate surface area is 123 Å². The van der Waals surface area contributed by atoms with Crippen LogP contribution in [0.2, 0.25) is 0 Å². The summed E-state index contributed by atoms with van der Waals surface area (Å²) in [5.41, 5.74) is 5.22. The van der Waals surface area contributed by atoms with Gasteiger partial charge in [-0.05, 0) is 42.8 Å². The fourth-order valence-corrected chi connectivity index (χ4v) is 3.06. The Hall–Kier alpha value is -2.55. The fourth-order valence-electron chi connectivity index (χ4n) is 3.06. The number of aromatic nitrogens is 1. The monoisotopic (exact) mass is 276 g/mol. The van der Waals surface area contributed by atoms with Gasteiger partial charge in [0.15, 0.2) is 0 Å². The first-order valence-corrected chi connectivity index (χ1v) is 7.10. The average Bonchev–Trinajstić information content (AvgIpc) is 3.01. The number of amides is 1. The van der Waals surface area contributed by atoms with Crippen molar-refractivity contribution in [2.75, 3.05) is 4.90 Å².